The monoisotopic (exact) mass is 874 g/mol. The summed E-state index contributed by atoms with van der Waals surface area (Å²) in [6.07, 6.45) is 70.6. The standard InChI is InChI=1S/C58H115NO3/c1-3-5-7-9-11-13-15-17-19-21-23-25-26-27-28-29-30-31-32-34-36-38-40-42-44-46-48-50-52-54-58(62)59-56(55-60)57(61)53-51-49-47-45-43-41-39-37-35-33-24-22-20-18-16-14-12-10-8-6-4-2/h27-28,56-57,60-61H,3-26,29-55H2,1-2H3,(H,59,62)/b28-27-. The summed E-state index contributed by atoms with van der Waals surface area (Å²) in [6.45, 7) is 4.40. The van der Waals surface area contributed by atoms with Gasteiger partial charge >= 0.3 is 0 Å². The zero-order valence-electron chi connectivity index (χ0n) is 42.7. The molecule has 0 radical (unpaired) electrons. The Morgan fingerprint density at radius 3 is 0.887 bits per heavy atom. The average molecular weight is 875 g/mol. The van der Waals surface area contributed by atoms with Gasteiger partial charge in [0, 0.05) is 6.42 Å². The Morgan fingerprint density at radius 1 is 0.371 bits per heavy atom. The molecule has 4 nitrogen and oxygen atoms in total. The quantitative estimate of drug-likeness (QED) is 0.0421. The summed E-state index contributed by atoms with van der Waals surface area (Å²) in [5, 5.41) is 23.4. The van der Waals surface area contributed by atoms with Crippen molar-refractivity contribution in [1.29, 1.82) is 0 Å². The lowest BCUT2D eigenvalue weighted by Crippen LogP contribution is -2.45. The number of allylic oxidation sites excluding steroid dienone is 2. The average Bonchev–Trinajstić information content (AvgIpc) is 3.28. The van der Waals surface area contributed by atoms with Crippen LogP contribution in [0.4, 0.5) is 0 Å². The number of unbranched alkanes of at least 4 members (excludes halogenated alkanes) is 45. The van der Waals surface area contributed by atoms with Gasteiger partial charge in [-0.1, -0.05) is 302 Å². The number of hydrogen-bond donors (Lipinski definition) is 3. The molecule has 0 bridgehead atoms. The van der Waals surface area contributed by atoms with Crippen LogP contribution in [0.15, 0.2) is 12.2 Å². The molecule has 62 heavy (non-hydrogen) atoms. The Bertz CT molecular complexity index is 860. The summed E-state index contributed by atoms with van der Waals surface area (Å²) < 4.78 is 0. The number of carbonyl (C=O) groups excluding carboxylic acids is 1. The second-order valence-electron chi connectivity index (χ2n) is 20.1. The lowest BCUT2D eigenvalue weighted by molar-refractivity contribution is -0.123. The Kier molecular flexibility index (Phi) is 53.7. The van der Waals surface area contributed by atoms with Gasteiger partial charge in [0.2, 0.25) is 5.91 Å². The molecule has 0 saturated heterocycles. The van der Waals surface area contributed by atoms with E-state index in [-0.39, 0.29) is 12.5 Å². The summed E-state index contributed by atoms with van der Waals surface area (Å²) in [4.78, 5) is 12.5. The van der Waals surface area contributed by atoms with E-state index in [1.54, 1.807) is 0 Å². The molecule has 4 heteroatoms. The number of aliphatic hydroxyl groups is 2. The van der Waals surface area contributed by atoms with Gasteiger partial charge in [-0.3, -0.25) is 4.79 Å². The first-order valence-electron chi connectivity index (χ1n) is 28.9. The van der Waals surface area contributed by atoms with Gasteiger partial charge in [0.15, 0.2) is 0 Å². The molecule has 2 unspecified atom stereocenters. The van der Waals surface area contributed by atoms with Gasteiger partial charge < -0.3 is 15.5 Å². The molecule has 0 aliphatic rings. The van der Waals surface area contributed by atoms with Gasteiger partial charge in [-0.2, -0.15) is 0 Å². The Morgan fingerprint density at radius 2 is 0.613 bits per heavy atom. The minimum Gasteiger partial charge on any atom is -0.394 e. The van der Waals surface area contributed by atoms with Crippen LogP contribution < -0.4 is 5.32 Å². The molecule has 0 heterocycles. The molecule has 370 valence electrons. The fraction of sp³-hybridized carbons (Fsp3) is 0.948. The van der Waals surface area contributed by atoms with E-state index in [1.165, 1.54) is 283 Å². The third-order valence-electron chi connectivity index (χ3n) is 13.8. The van der Waals surface area contributed by atoms with Crippen LogP contribution >= 0.6 is 0 Å². The van der Waals surface area contributed by atoms with Crippen molar-refractivity contribution < 1.29 is 15.0 Å². The molecule has 0 fully saturated rings. The molecule has 0 spiro atoms. The van der Waals surface area contributed by atoms with E-state index in [0.717, 1.165) is 25.7 Å². The van der Waals surface area contributed by atoms with Crippen molar-refractivity contribution in [2.75, 3.05) is 6.61 Å². The van der Waals surface area contributed by atoms with Crippen LogP contribution in [0, 0.1) is 0 Å². The smallest absolute Gasteiger partial charge is 0.220 e. The molecule has 3 N–H and O–H groups in total. The number of nitrogens with one attached hydrogen (secondary N) is 1. The van der Waals surface area contributed by atoms with Crippen molar-refractivity contribution in [2.24, 2.45) is 0 Å². The third kappa shape index (κ3) is 50.1. The molecule has 0 aromatic carbocycles. The molecular weight excluding hydrogens is 759 g/mol. The number of aliphatic hydroxyl groups excluding tert-OH is 2. The molecule has 2 atom stereocenters. The largest absolute Gasteiger partial charge is 0.394 e. The van der Waals surface area contributed by atoms with Gasteiger partial charge in [0.05, 0.1) is 18.8 Å². The molecule has 0 aliphatic heterocycles. The minimum atomic E-state index is -0.657. The van der Waals surface area contributed by atoms with E-state index in [9.17, 15) is 15.0 Å². The Labute approximate surface area is 390 Å². The highest BCUT2D eigenvalue weighted by molar-refractivity contribution is 5.76. The van der Waals surface area contributed by atoms with Crippen LogP contribution in [-0.4, -0.2) is 34.9 Å². The predicted molar refractivity (Wildman–Crippen MR) is 276 cm³/mol. The van der Waals surface area contributed by atoms with Gasteiger partial charge in [-0.15, -0.1) is 0 Å². The van der Waals surface area contributed by atoms with Crippen molar-refractivity contribution >= 4 is 5.91 Å². The van der Waals surface area contributed by atoms with Crippen LogP contribution in [-0.2, 0) is 4.79 Å². The molecule has 0 saturated carbocycles. The van der Waals surface area contributed by atoms with Gasteiger partial charge in [-0.05, 0) is 38.5 Å². The summed E-state index contributed by atoms with van der Waals surface area (Å²) in [7, 11) is 0. The van der Waals surface area contributed by atoms with E-state index >= 15 is 0 Å². The maximum Gasteiger partial charge on any atom is 0.220 e. The van der Waals surface area contributed by atoms with Crippen LogP contribution in [0.1, 0.15) is 335 Å². The normalized spacial score (nSPS) is 12.8. The Hall–Kier alpha value is -0.870. The summed E-state index contributed by atoms with van der Waals surface area (Å²) >= 11 is 0. The first kappa shape index (κ1) is 61.1. The van der Waals surface area contributed by atoms with Crippen molar-refractivity contribution in [3.8, 4) is 0 Å². The molecular formula is C58H115NO3. The topological polar surface area (TPSA) is 69.6 Å². The fourth-order valence-corrected chi connectivity index (χ4v) is 9.36. The highest BCUT2D eigenvalue weighted by atomic mass is 16.3. The zero-order chi connectivity index (χ0) is 44.9. The first-order valence-corrected chi connectivity index (χ1v) is 28.9. The number of amides is 1. The summed E-state index contributed by atoms with van der Waals surface area (Å²) in [5.74, 6) is -0.0246. The zero-order valence-corrected chi connectivity index (χ0v) is 42.7. The molecule has 0 aromatic rings. The van der Waals surface area contributed by atoms with E-state index in [0.29, 0.717) is 12.8 Å². The lowest BCUT2D eigenvalue weighted by atomic mass is 10.0. The van der Waals surface area contributed by atoms with Gasteiger partial charge in [0.25, 0.3) is 0 Å². The second-order valence-corrected chi connectivity index (χ2v) is 20.1. The molecule has 0 aliphatic carbocycles. The second kappa shape index (κ2) is 54.5. The first-order chi connectivity index (χ1) is 30.7. The highest BCUT2D eigenvalue weighted by Gasteiger charge is 2.20. The number of rotatable bonds is 54. The van der Waals surface area contributed by atoms with Gasteiger partial charge in [-0.25, -0.2) is 0 Å². The van der Waals surface area contributed by atoms with Crippen molar-refractivity contribution in [3.63, 3.8) is 0 Å². The van der Waals surface area contributed by atoms with Crippen molar-refractivity contribution in [3.05, 3.63) is 12.2 Å². The fourth-order valence-electron chi connectivity index (χ4n) is 9.36. The number of carbonyl (C=O) groups is 1. The van der Waals surface area contributed by atoms with E-state index in [4.69, 9.17) is 0 Å². The molecule has 1 amide bonds. The molecule has 0 rings (SSSR count). The van der Waals surface area contributed by atoms with Crippen LogP contribution in [0.5, 0.6) is 0 Å². The lowest BCUT2D eigenvalue weighted by Gasteiger charge is -2.22. The molecule has 0 aromatic heterocycles. The van der Waals surface area contributed by atoms with Crippen molar-refractivity contribution in [1.82, 2.24) is 5.32 Å². The third-order valence-corrected chi connectivity index (χ3v) is 13.8. The Balaban J connectivity index is 3.41. The maximum atomic E-state index is 12.5. The van der Waals surface area contributed by atoms with Crippen LogP contribution in [0.3, 0.4) is 0 Å². The maximum absolute atomic E-state index is 12.5. The van der Waals surface area contributed by atoms with Gasteiger partial charge in [0.1, 0.15) is 0 Å². The van der Waals surface area contributed by atoms with E-state index < -0.39 is 12.1 Å². The minimum absolute atomic E-state index is 0.0246. The van der Waals surface area contributed by atoms with E-state index in [2.05, 4.69) is 31.3 Å². The van der Waals surface area contributed by atoms with E-state index in [1.807, 2.05) is 0 Å². The summed E-state index contributed by atoms with van der Waals surface area (Å²) in [6, 6.07) is -0.534. The number of hydrogen-bond acceptors (Lipinski definition) is 3. The highest BCUT2D eigenvalue weighted by Crippen LogP contribution is 2.18. The SMILES string of the molecule is CCCCCCCCCCCCCC/C=C\CCCCCCCCCCCCCCCC(=O)NC(CO)C(O)CCCCCCCCCCCCCCCCCCCCCCC. The van der Waals surface area contributed by atoms with Crippen molar-refractivity contribution in [2.45, 2.75) is 347 Å². The van der Waals surface area contributed by atoms with Crippen LogP contribution in [0.25, 0.3) is 0 Å². The predicted octanol–water partition coefficient (Wildman–Crippen LogP) is 18.9. The summed E-state index contributed by atoms with van der Waals surface area (Å²) in [5.41, 5.74) is 0. The van der Waals surface area contributed by atoms with Crippen LogP contribution in [0.2, 0.25) is 0 Å².